The monoisotopic (exact) mass is 396 g/mol. The number of amides is 1. The number of anilines is 1. The van der Waals surface area contributed by atoms with Crippen LogP contribution in [0.1, 0.15) is 11.1 Å². The van der Waals surface area contributed by atoms with Crippen molar-refractivity contribution in [2.75, 3.05) is 51.8 Å². The van der Waals surface area contributed by atoms with Crippen molar-refractivity contribution in [1.29, 1.82) is 0 Å². The van der Waals surface area contributed by atoms with Gasteiger partial charge < -0.3 is 24.6 Å². The molecule has 0 aliphatic carbocycles. The van der Waals surface area contributed by atoms with Gasteiger partial charge in [0, 0.05) is 38.9 Å². The molecule has 1 aromatic heterocycles. The van der Waals surface area contributed by atoms with Gasteiger partial charge in [0.1, 0.15) is 23.9 Å². The minimum absolute atomic E-state index is 0.0106. The lowest BCUT2D eigenvalue weighted by molar-refractivity contribution is -0.126. The van der Waals surface area contributed by atoms with Crippen LogP contribution in [0.2, 0.25) is 0 Å². The Kier molecular flexibility index (Phi) is 5.85. The van der Waals surface area contributed by atoms with Crippen molar-refractivity contribution in [3.63, 3.8) is 0 Å². The Morgan fingerprint density at radius 3 is 2.86 bits per heavy atom. The fourth-order valence-electron chi connectivity index (χ4n) is 3.78. The van der Waals surface area contributed by atoms with Crippen LogP contribution < -0.4 is 19.7 Å². The molecule has 0 radical (unpaired) electrons. The van der Waals surface area contributed by atoms with Crippen LogP contribution in [0.25, 0.3) is 0 Å². The zero-order valence-corrected chi connectivity index (χ0v) is 17.1. The fourth-order valence-corrected chi connectivity index (χ4v) is 3.78. The van der Waals surface area contributed by atoms with E-state index in [0.717, 1.165) is 54.6 Å². The fraction of sp³-hybridized carbons (Fsp3) is 0.455. The van der Waals surface area contributed by atoms with Crippen molar-refractivity contribution >= 4 is 11.7 Å². The summed E-state index contributed by atoms with van der Waals surface area (Å²) in [5.41, 5.74) is 2.07. The number of likely N-dealkylation sites (N-methyl/N-ethyl adjacent to an activating group) is 1. The number of ether oxygens (including phenoxy) is 2. The van der Waals surface area contributed by atoms with E-state index in [1.165, 1.54) is 0 Å². The van der Waals surface area contributed by atoms with Crippen molar-refractivity contribution in [3.05, 3.63) is 47.7 Å². The molecule has 154 valence electrons. The lowest BCUT2D eigenvalue weighted by Gasteiger charge is -2.33. The molecule has 0 saturated carbocycles. The Morgan fingerprint density at radius 2 is 2.07 bits per heavy atom. The van der Waals surface area contributed by atoms with Crippen LogP contribution in [0.3, 0.4) is 0 Å². The highest BCUT2D eigenvalue weighted by Gasteiger charge is 2.26. The van der Waals surface area contributed by atoms with Gasteiger partial charge in [-0.15, -0.1) is 0 Å². The molecule has 1 fully saturated rings. The first-order chi connectivity index (χ1) is 14.1. The maximum atomic E-state index is 12.7. The largest absolute Gasteiger partial charge is 0.497 e. The first kappa shape index (κ1) is 19.5. The smallest absolute Gasteiger partial charge is 0.227 e. The molecule has 1 amide bonds. The third kappa shape index (κ3) is 4.62. The zero-order chi connectivity index (χ0) is 20.2. The number of hydrogen-bond donors (Lipinski definition) is 1. The second-order valence-electron chi connectivity index (χ2n) is 7.72. The first-order valence-corrected chi connectivity index (χ1v) is 10.1. The van der Waals surface area contributed by atoms with Crippen molar-refractivity contribution in [3.8, 4) is 11.5 Å². The number of hydrogen-bond acceptors (Lipinski definition) is 6. The van der Waals surface area contributed by atoms with E-state index in [1.54, 1.807) is 7.11 Å². The average molecular weight is 396 g/mol. The highest BCUT2D eigenvalue weighted by atomic mass is 16.5. The number of rotatable bonds is 5. The Bertz CT molecular complexity index is 865. The lowest BCUT2D eigenvalue weighted by atomic mass is 9.95. The topological polar surface area (TPSA) is 66.9 Å². The zero-order valence-electron chi connectivity index (χ0n) is 17.1. The van der Waals surface area contributed by atoms with Gasteiger partial charge in [-0.2, -0.15) is 0 Å². The van der Waals surface area contributed by atoms with E-state index in [4.69, 9.17) is 9.47 Å². The summed E-state index contributed by atoms with van der Waals surface area (Å²) in [6.07, 6.45) is 2.47. The average Bonchev–Trinajstić information content (AvgIpc) is 2.77. The summed E-state index contributed by atoms with van der Waals surface area (Å²) in [6.45, 7) is 4.91. The summed E-state index contributed by atoms with van der Waals surface area (Å²) in [6, 6.07) is 9.75. The summed E-state index contributed by atoms with van der Waals surface area (Å²) in [4.78, 5) is 21.8. The van der Waals surface area contributed by atoms with Crippen LogP contribution >= 0.6 is 0 Å². The highest BCUT2D eigenvalue weighted by Crippen LogP contribution is 2.30. The number of nitrogens with zero attached hydrogens (tertiary/aromatic N) is 3. The molecule has 4 rings (SSSR count). The van der Waals surface area contributed by atoms with E-state index in [0.29, 0.717) is 19.6 Å². The molecular formula is C22H28N4O3. The van der Waals surface area contributed by atoms with Crippen molar-refractivity contribution in [2.24, 2.45) is 5.92 Å². The van der Waals surface area contributed by atoms with E-state index in [1.807, 2.05) is 30.5 Å². The van der Waals surface area contributed by atoms with Crippen molar-refractivity contribution in [2.45, 2.75) is 13.0 Å². The maximum absolute atomic E-state index is 12.7. The molecule has 1 atom stereocenters. The molecule has 0 spiro atoms. The number of carbonyl (C=O) groups is 1. The van der Waals surface area contributed by atoms with Crippen molar-refractivity contribution in [1.82, 2.24) is 15.2 Å². The van der Waals surface area contributed by atoms with Crippen LogP contribution in [0, 0.1) is 5.92 Å². The number of methoxy groups -OCH3 is 1. The van der Waals surface area contributed by atoms with Gasteiger partial charge in [0.15, 0.2) is 0 Å². The molecule has 0 bridgehead atoms. The molecule has 3 heterocycles. The van der Waals surface area contributed by atoms with E-state index in [-0.39, 0.29) is 11.8 Å². The van der Waals surface area contributed by atoms with Crippen molar-refractivity contribution < 1.29 is 14.3 Å². The van der Waals surface area contributed by atoms with Gasteiger partial charge in [-0.25, -0.2) is 4.98 Å². The number of pyridine rings is 1. The summed E-state index contributed by atoms with van der Waals surface area (Å²) in [5.74, 6) is 2.40. The Morgan fingerprint density at radius 1 is 1.24 bits per heavy atom. The van der Waals surface area contributed by atoms with Crippen LogP contribution in [0.5, 0.6) is 11.5 Å². The second-order valence-corrected chi connectivity index (χ2v) is 7.72. The van der Waals surface area contributed by atoms with Crippen LogP contribution in [0.15, 0.2) is 36.5 Å². The summed E-state index contributed by atoms with van der Waals surface area (Å²) in [5, 5.41) is 3.06. The molecule has 2 aliphatic rings. The standard InChI is InChI=1S/C22H28N4O3/c1-25-7-9-26(10-8-25)21-11-16(5-6-23-21)14-24-22(27)18-12-17-13-19(28-2)3-4-20(17)29-15-18/h3-6,11,13,18H,7-10,12,14-15H2,1-2H3,(H,24,27)/t18-/m1/s1. The predicted molar refractivity (Wildman–Crippen MR) is 111 cm³/mol. The summed E-state index contributed by atoms with van der Waals surface area (Å²) < 4.78 is 11.1. The highest BCUT2D eigenvalue weighted by molar-refractivity contribution is 5.79. The number of aromatic nitrogens is 1. The molecule has 1 aromatic carbocycles. The van der Waals surface area contributed by atoms with Gasteiger partial charge in [0.25, 0.3) is 0 Å². The van der Waals surface area contributed by atoms with E-state index < -0.39 is 0 Å². The number of fused-ring (bicyclic) bond motifs is 1. The number of carbonyl (C=O) groups excluding carboxylic acids is 1. The Hall–Kier alpha value is -2.80. The second kappa shape index (κ2) is 8.69. The molecule has 7 heteroatoms. The van der Waals surface area contributed by atoms with Gasteiger partial charge >= 0.3 is 0 Å². The quantitative estimate of drug-likeness (QED) is 0.830. The summed E-state index contributed by atoms with van der Waals surface area (Å²) in [7, 11) is 3.78. The van der Waals surface area contributed by atoms with Crippen LogP contribution in [-0.4, -0.2) is 62.7 Å². The molecule has 1 N–H and O–H groups in total. The predicted octanol–water partition coefficient (Wildman–Crippen LogP) is 1.71. The third-order valence-electron chi connectivity index (χ3n) is 5.65. The maximum Gasteiger partial charge on any atom is 0.227 e. The van der Waals surface area contributed by atoms with E-state index >= 15 is 0 Å². The SMILES string of the molecule is COc1ccc2c(c1)C[C@@H](C(=O)NCc1ccnc(N3CCN(C)CC3)c1)CO2. The molecule has 0 unspecified atom stereocenters. The van der Waals surface area contributed by atoms with E-state index in [9.17, 15) is 4.79 Å². The molecule has 29 heavy (non-hydrogen) atoms. The van der Waals surface area contributed by atoms with E-state index in [2.05, 4.69) is 33.2 Å². The number of benzene rings is 1. The Labute approximate surface area is 171 Å². The summed E-state index contributed by atoms with van der Waals surface area (Å²) >= 11 is 0. The molecule has 2 aromatic rings. The first-order valence-electron chi connectivity index (χ1n) is 10.1. The van der Waals surface area contributed by atoms with Gasteiger partial charge in [-0.1, -0.05) is 0 Å². The minimum atomic E-state index is -0.200. The van der Waals surface area contributed by atoms with Crippen LogP contribution in [0.4, 0.5) is 5.82 Å². The molecule has 7 nitrogen and oxygen atoms in total. The lowest BCUT2D eigenvalue weighted by Crippen LogP contribution is -2.44. The molecule has 2 aliphatic heterocycles. The number of piperazine rings is 1. The number of nitrogens with one attached hydrogen (secondary N) is 1. The Balaban J connectivity index is 1.34. The van der Waals surface area contributed by atoms with Gasteiger partial charge in [-0.3, -0.25) is 4.79 Å². The molecule has 1 saturated heterocycles. The normalized spacial score (nSPS) is 19.2. The van der Waals surface area contributed by atoms with Gasteiger partial charge in [-0.05, 0) is 54.9 Å². The minimum Gasteiger partial charge on any atom is -0.497 e. The van der Waals surface area contributed by atoms with Gasteiger partial charge in [0.05, 0.1) is 13.0 Å². The van der Waals surface area contributed by atoms with Crippen LogP contribution in [-0.2, 0) is 17.8 Å². The third-order valence-corrected chi connectivity index (χ3v) is 5.65. The van der Waals surface area contributed by atoms with Gasteiger partial charge in [0.2, 0.25) is 5.91 Å². The molecular weight excluding hydrogens is 368 g/mol.